The van der Waals surface area contributed by atoms with Gasteiger partial charge >= 0.3 is 0 Å². The second kappa shape index (κ2) is 12.2. The smallest absolute Gasteiger partial charge is 0.191 e. The predicted molar refractivity (Wildman–Crippen MR) is 126 cm³/mol. The maximum atomic E-state index is 10.2. The fourth-order valence-corrected chi connectivity index (χ4v) is 3.69. The standard InChI is InChI=1S/C24H34N4O4/c1-4-25-24(26-16-19-15-21(31-3)9-10-23(19)29)27-17-22(28-11-13-32-14-12-28)18-5-7-20(30-2)8-6-18/h5-10,15,22,29H,4,11-14,16-17H2,1-3H3,(H2,25,26,27). The number of nitrogens with one attached hydrogen (secondary N) is 2. The molecule has 0 radical (unpaired) electrons. The molecule has 8 nitrogen and oxygen atoms in total. The number of methoxy groups -OCH3 is 2. The molecule has 8 heteroatoms. The van der Waals surface area contributed by atoms with Gasteiger partial charge in [0.25, 0.3) is 0 Å². The summed E-state index contributed by atoms with van der Waals surface area (Å²) in [4.78, 5) is 7.10. The Bertz CT molecular complexity index is 867. The summed E-state index contributed by atoms with van der Waals surface area (Å²) in [5.74, 6) is 2.43. The highest BCUT2D eigenvalue weighted by Crippen LogP contribution is 2.25. The van der Waals surface area contributed by atoms with Crippen molar-refractivity contribution in [2.45, 2.75) is 19.5 Å². The van der Waals surface area contributed by atoms with E-state index in [1.807, 2.05) is 19.1 Å². The largest absolute Gasteiger partial charge is 0.508 e. The van der Waals surface area contributed by atoms with Crippen LogP contribution >= 0.6 is 0 Å². The lowest BCUT2D eigenvalue weighted by atomic mass is 10.0. The van der Waals surface area contributed by atoms with Crippen LogP contribution in [0.5, 0.6) is 17.2 Å². The molecule has 1 atom stereocenters. The van der Waals surface area contributed by atoms with Crippen LogP contribution < -0.4 is 20.1 Å². The molecule has 2 aromatic carbocycles. The van der Waals surface area contributed by atoms with E-state index in [2.05, 4.69) is 32.7 Å². The Labute approximate surface area is 190 Å². The second-order valence-corrected chi connectivity index (χ2v) is 7.51. The molecule has 174 valence electrons. The minimum Gasteiger partial charge on any atom is -0.508 e. The normalized spacial score (nSPS) is 15.8. The quantitative estimate of drug-likeness (QED) is 0.406. The van der Waals surface area contributed by atoms with Gasteiger partial charge in [-0.05, 0) is 42.8 Å². The van der Waals surface area contributed by atoms with Crippen molar-refractivity contribution in [3.05, 3.63) is 53.6 Å². The molecule has 0 saturated carbocycles. The van der Waals surface area contributed by atoms with E-state index in [9.17, 15) is 5.11 Å². The number of hydrogen-bond donors (Lipinski definition) is 3. The Kier molecular flexibility index (Phi) is 9.01. The van der Waals surface area contributed by atoms with Crippen LogP contribution in [0.25, 0.3) is 0 Å². The van der Waals surface area contributed by atoms with Crippen LogP contribution in [0.2, 0.25) is 0 Å². The number of nitrogens with zero attached hydrogens (tertiary/aromatic N) is 2. The van der Waals surface area contributed by atoms with E-state index in [4.69, 9.17) is 14.2 Å². The lowest BCUT2D eigenvalue weighted by Gasteiger charge is -2.35. The highest BCUT2D eigenvalue weighted by molar-refractivity contribution is 5.79. The Morgan fingerprint density at radius 2 is 1.75 bits per heavy atom. The number of phenols is 1. The molecular formula is C24H34N4O4. The number of aromatic hydroxyl groups is 1. The van der Waals surface area contributed by atoms with Crippen LogP contribution in [0.1, 0.15) is 24.1 Å². The van der Waals surface area contributed by atoms with Gasteiger partial charge in [0.05, 0.1) is 40.0 Å². The fourth-order valence-electron chi connectivity index (χ4n) is 3.69. The van der Waals surface area contributed by atoms with Crippen molar-refractivity contribution >= 4 is 5.96 Å². The molecule has 0 bridgehead atoms. The van der Waals surface area contributed by atoms with E-state index in [-0.39, 0.29) is 11.8 Å². The highest BCUT2D eigenvalue weighted by Gasteiger charge is 2.23. The van der Waals surface area contributed by atoms with E-state index in [1.54, 1.807) is 32.4 Å². The predicted octanol–water partition coefficient (Wildman–Crippen LogP) is 2.54. The summed E-state index contributed by atoms with van der Waals surface area (Å²) in [5.41, 5.74) is 1.92. The van der Waals surface area contributed by atoms with Gasteiger partial charge < -0.3 is 30.0 Å². The number of benzene rings is 2. The molecule has 1 aliphatic heterocycles. The van der Waals surface area contributed by atoms with Gasteiger partial charge in [0, 0.05) is 31.7 Å². The van der Waals surface area contributed by atoms with Gasteiger partial charge in [-0.3, -0.25) is 4.90 Å². The van der Waals surface area contributed by atoms with Gasteiger partial charge in [0.15, 0.2) is 5.96 Å². The number of phenolic OH excluding ortho intramolecular Hbond substituents is 1. The first-order valence-electron chi connectivity index (χ1n) is 11.0. The third-order valence-electron chi connectivity index (χ3n) is 5.49. The van der Waals surface area contributed by atoms with Gasteiger partial charge in [0.1, 0.15) is 17.2 Å². The molecule has 0 aromatic heterocycles. The lowest BCUT2D eigenvalue weighted by Crippen LogP contribution is -2.46. The van der Waals surface area contributed by atoms with Crippen molar-refractivity contribution in [1.29, 1.82) is 0 Å². The maximum absolute atomic E-state index is 10.2. The molecule has 1 aliphatic rings. The van der Waals surface area contributed by atoms with E-state index in [0.29, 0.717) is 30.4 Å². The Hall–Kier alpha value is -2.97. The van der Waals surface area contributed by atoms with E-state index in [0.717, 1.165) is 38.6 Å². The van der Waals surface area contributed by atoms with E-state index in [1.165, 1.54) is 5.56 Å². The number of guanidine groups is 1. The van der Waals surface area contributed by atoms with E-state index < -0.39 is 0 Å². The molecule has 3 rings (SSSR count). The van der Waals surface area contributed by atoms with Gasteiger partial charge in [-0.25, -0.2) is 4.99 Å². The van der Waals surface area contributed by atoms with Crippen molar-refractivity contribution in [3.8, 4) is 17.2 Å². The summed E-state index contributed by atoms with van der Waals surface area (Å²) >= 11 is 0. The van der Waals surface area contributed by atoms with Crippen LogP contribution in [0.3, 0.4) is 0 Å². The number of morpholine rings is 1. The molecule has 0 spiro atoms. The van der Waals surface area contributed by atoms with Crippen LogP contribution in [0.4, 0.5) is 0 Å². The van der Waals surface area contributed by atoms with Gasteiger partial charge in [0.2, 0.25) is 0 Å². The number of ether oxygens (including phenoxy) is 3. The summed E-state index contributed by atoms with van der Waals surface area (Å²) in [5, 5.41) is 16.9. The zero-order valence-corrected chi connectivity index (χ0v) is 19.1. The van der Waals surface area contributed by atoms with Crippen molar-refractivity contribution in [2.24, 2.45) is 4.99 Å². The molecule has 32 heavy (non-hydrogen) atoms. The third-order valence-corrected chi connectivity index (χ3v) is 5.49. The number of hydrogen-bond acceptors (Lipinski definition) is 6. The first-order chi connectivity index (χ1) is 15.6. The average molecular weight is 443 g/mol. The van der Waals surface area contributed by atoms with Crippen LogP contribution in [-0.4, -0.2) is 69.6 Å². The molecule has 0 amide bonds. The third kappa shape index (κ3) is 6.51. The van der Waals surface area contributed by atoms with Gasteiger partial charge in [-0.1, -0.05) is 12.1 Å². The van der Waals surface area contributed by atoms with E-state index >= 15 is 0 Å². The minimum atomic E-state index is 0.166. The molecule has 3 N–H and O–H groups in total. The van der Waals surface area contributed by atoms with Crippen molar-refractivity contribution < 1.29 is 19.3 Å². The molecule has 1 saturated heterocycles. The van der Waals surface area contributed by atoms with Crippen molar-refractivity contribution in [2.75, 3.05) is 53.6 Å². The average Bonchev–Trinajstić information content (AvgIpc) is 2.84. The van der Waals surface area contributed by atoms with Crippen LogP contribution in [0, 0.1) is 0 Å². The Morgan fingerprint density at radius 1 is 1.06 bits per heavy atom. The SMILES string of the molecule is CCNC(=NCc1cc(OC)ccc1O)NCC(c1ccc(OC)cc1)N1CCOCC1. The van der Waals surface area contributed by atoms with Crippen LogP contribution in [-0.2, 0) is 11.3 Å². The monoisotopic (exact) mass is 442 g/mol. The molecule has 1 heterocycles. The zero-order valence-electron chi connectivity index (χ0n) is 19.1. The van der Waals surface area contributed by atoms with Gasteiger partial charge in [-0.15, -0.1) is 0 Å². The minimum absolute atomic E-state index is 0.166. The Balaban J connectivity index is 1.74. The van der Waals surface area contributed by atoms with Crippen LogP contribution in [0.15, 0.2) is 47.5 Å². The zero-order chi connectivity index (χ0) is 22.8. The second-order valence-electron chi connectivity index (χ2n) is 7.51. The number of rotatable bonds is 9. The first-order valence-corrected chi connectivity index (χ1v) is 11.0. The molecule has 1 fully saturated rings. The molecule has 0 aliphatic carbocycles. The molecule has 2 aromatic rings. The van der Waals surface area contributed by atoms with Crippen molar-refractivity contribution in [3.63, 3.8) is 0 Å². The highest BCUT2D eigenvalue weighted by atomic mass is 16.5. The summed E-state index contributed by atoms with van der Waals surface area (Å²) in [7, 11) is 3.28. The summed E-state index contributed by atoms with van der Waals surface area (Å²) < 4.78 is 16.1. The first kappa shape index (κ1) is 23.7. The van der Waals surface area contributed by atoms with Crippen molar-refractivity contribution in [1.82, 2.24) is 15.5 Å². The summed E-state index contributed by atoms with van der Waals surface area (Å²) in [6.45, 7) is 7.01. The summed E-state index contributed by atoms with van der Waals surface area (Å²) in [6.07, 6.45) is 0. The summed E-state index contributed by atoms with van der Waals surface area (Å²) in [6, 6.07) is 13.5. The Morgan fingerprint density at radius 3 is 2.41 bits per heavy atom. The topological polar surface area (TPSA) is 87.6 Å². The fraction of sp³-hybridized carbons (Fsp3) is 0.458. The maximum Gasteiger partial charge on any atom is 0.191 e. The molecule has 1 unspecified atom stereocenters. The van der Waals surface area contributed by atoms with Gasteiger partial charge in [-0.2, -0.15) is 0 Å². The number of aliphatic imine (C=N–C) groups is 1. The molecular weight excluding hydrogens is 408 g/mol. The lowest BCUT2D eigenvalue weighted by molar-refractivity contribution is 0.0170.